The van der Waals surface area contributed by atoms with Crippen molar-refractivity contribution in [1.29, 1.82) is 0 Å². The van der Waals surface area contributed by atoms with Crippen molar-refractivity contribution in [3.63, 3.8) is 0 Å². The molecule has 0 aliphatic heterocycles. The van der Waals surface area contributed by atoms with Gasteiger partial charge >= 0.3 is 0 Å². The van der Waals surface area contributed by atoms with Crippen molar-refractivity contribution in [2.24, 2.45) is 0 Å². The molecule has 0 atom stereocenters. The third-order valence-electron chi connectivity index (χ3n) is 2.36. The van der Waals surface area contributed by atoms with Crippen molar-refractivity contribution >= 4 is 33.4 Å². The van der Waals surface area contributed by atoms with Gasteiger partial charge in [-0.3, -0.25) is 4.79 Å². The maximum Gasteiger partial charge on any atom is 0.254 e. The van der Waals surface area contributed by atoms with Crippen LogP contribution in [0.1, 0.15) is 31.1 Å². The summed E-state index contributed by atoms with van der Waals surface area (Å²) in [5.74, 6) is -0.136. The molecule has 0 bridgehead atoms. The fourth-order valence-corrected chi connectivity index (χ4v) is 2.51. The monoisotopic (exact) mass is 333 g/mol. The topological polar surface area (TPSA) is 40.5 Å². The van der Waals surface area contributed by atoms with Crippen LogP contribution in [-0.2, 0) is 0 Å². The summed E-state index contributed by atoms with van der Waals surface area (Å²) in [5.41, 5.74) is -0.401. The van der Waals surface area contributed by atoms with Gasteiger partial charge in [-0.15, -0.1) is 0 Å². The molecule has 0 radical (unpaired) electrons. The lowest BCUT2D eigenvalue weighted by Gasteiger charge is -2.28. The molecule has 0 saturated carbocycles. The molecule has 1 rings (SSSR count). The molecular weight excluding hydrogens is 318 g/mol. The number of amides is 1. The van der Waals surface area contributed by atoms with E-state index >= 15 is 0 Å². The maximum absolute atomic E-state index is 12.3. The van der Waals surface area contributed by atoms with E-state index in [-0.39, 0.29) is 12.5 Å². The van der Waals surface area contributed by atoms with E-state index in [1.807, 2.05) is 6.92 Å². The average molecular weight is 335 g/mol. The zero-order valence-corrected chi connectivity index (χ0v) is 13.0. The number of carbonyl (C=O) groups excluding carboxylic acids is 1. The molecule has 0 aromatic heterocycles. The third kappa shape index (κ3) is 4.59. The maximum atomic E-state index is 12.3. The van der Waals surface area contributed by atoms with Crippen LogP contribution in [0.3, 0.4) is 0 Å². The molecule has 5 heteroatoms. The second-order valence-electron chi connectivity index (χ2n) is 4.79. The number of hydrogen-bond donors (Lipinski definition) is 1. The number of rotatable bonds is 4. The van der Waals surface area contributed by atoms with E-state index in [1.165, 1.54) is 0 Å². The van der Waals surface area contributed by atoms with Gasteiger partial charge in [-0.25, -0.2) is 0 Å². The predicted molar refractivity (Wildman–Crippen MR) is 77.0 cm³/mol. The molecule has 0 fully saturated rings. The Balaban J connectivity index is 2.96. The van der Waals surface area contributed by atoms with Gasteiger partial charge in [0.2, 0.25) is 0 Å². The first-order chi connectivity index (χ1) is 8.23. The number of benzene rings is 1. The third-order valence-corrected chi connectivity index (χ3v) is 3.03. The zero-order chi connectivity index (χ0) is 13.9. The smallest absolute Gasteiger partial charge is 0.254 e. The Bertz CT molecular complexity index is 423. The molecule has 0 heterocycles. The molecule has 1 amide bonds. The normalized spacial score (nSPS) is 11.4. The van der Waals surface area contributed by atoms with Crippen LogP contribution in [0.4, 0.5) is 0 Å². The van der Waals surface area contributed by atoms with Gasteiger partial charge in [-0.1, -0.05) is 27.5 Å². The van der Waals surface area contributed by atoms with Crippen molar-refractivity contribution in [3.05, 3.63) is 33.3 Å². The highest BCUT2D eigenvalue weighted by molar-refractivity contribution is 9.10. The molecule has 0 saturated heterocycles. The quantitative estimate of drug-likeness (QED) is 0.917. The van der Waals surface area contributed by atoms with Crippen LogP contribution in [-0.4, -0.2) is 34.6 Å². The van der Waals surface area contributed by atoms with Crippen LogP contribution in [0.2, 0.25) is 5.02 Å². The summed E-state index contributed by atoms with van der Waals surface area (Å²) in [6, 6.07) is 5.08. The van der Waals surface area contributed by atoms with E-state index in [1.54, 1.807) is 36.9 Å². The van der Waals surface area contributed by atoms with E-state index in [9.17, 15) is 9.90 Å². The average Bonchev–Trinajstić information content (AvgIpc) is 2.22. The summed E-state index contributed by atoms with van der Waals surface area (Å²) in [6.45, 7) is 6.05. The predicted octanol–water partition coefficient (Wildman–Crippen LogP) is 3.34. The molecule has 18 heavy (non-hydrogen) atoms. The Morgan fingerprint density at radius 1 is 1.44 bits per heavy atom. The largest absolute Gasteiger partial charge is 0.389 e. The van der Waals surface area contributed by atoms with Crippen LogP contribution < -0.4 is 0 Å². The van der Waals surface area contributed by atoms with Gasteiger partial charge in [-0.05, 0) is 39.0 Å². The molecule has 3 nitrogen and oxygen atoms in total. The summed E-state index contributed by atoms with van der Waals surface area (Å²) in [4.78, 5) is 13.9. The second kappa shape index (κ2) is 6.04. The molecule has 100 valence electrons. The van der Waals surface area contributed by atoms with E-state index in [0.29, 0.717) is 17.1 Å². The first-order valence-electron chi connectivity index (χ1n) is 5.70. The number of hydrogen-bond acceptors (Lipinski definition) is 2. The fourth-order valence-electron chi connectivity index (χ4n) is 1.65. The Kier molecular flexibility index (Phi) is 5.20. The minimum Gasteiger partial charge on any atom is -0.389 e. The lowest BCUT2D eigenvalue weighted by atomic mass is 10.1. The zero-order valence-electron chi connectivity index (χ0n) is 10.7. The van der Waals surface area contributed by atoms with Crippen LogP contribution in [0.25, 0.3) is 0 Å². The van der Waals surface area contributed by atoms with Crippen molar-refractivity contribution < 1.29 is 9.90 Å². The summed E-state index contributed by atoms with van der Waals surface area (Å²) < 4.78 is 0.762. The first-order valence-corrected chi connectivity index (χ1v) is 6.88. The number of halogens is 2. The summed E-state index contributed by atoms with van der Waals surface area (Å²) in [7, 11) is 0. The van der Waals surface area contributed by atoms with Gasteiger partial charge < -0.3 is 10.0 Å². The summed E-state index contributed by atoms with van der Waals surface area (Å²) >= 11 is 9.23. The van der Waals surface area contributed by atoms with Gasteiger partial charge in [0.1, 0.15) is 0 Å². The van der Waals surface area contributed by atoms with Gasteiger partial charge in [0, 0.05) is 28.1 Å². The molecule has 1 aromatic carbocycles. The highest BCUT2D eigenvalue weighted by Gasteiger charge is 2.22. The molecule has 1 N–H and O–H groups in total. The second-order valence-corrected chi connectivity index (χ2v) is 6.14. The van der Waals surface area contributed by atoms with Crippen LogP contribution >= 0.6 is 27.5 Å². The highest BCUT2D eigenvalue weighted by Crippen LogP contribution is 2.21. The van der Waals surface area contributed by atoms with Crippen molar-refractivity contribution in [1.82, 2.24) is 4.90 Å². The van der Waals surface area contributed by atoms with Crippen molar-refractivity contribution in [2.75, 3.05) is 13.1 Å². The molecule has 0 unspecified atom stereocenters. The van der Waals surface area contributed by atoms with E-state index in [4.69, 9.17) is 11.6 Å². The number of nitrogens with zero attached hydrogens (tertiary/aromatic N) is 1. The van der Waals surface area contributed by atoms with Gasteiger partial charge in [0.15, 0.2) is 0 Å². The molecule has 0 spiro atoms. The minimum absolute atomic E-state index is 0.136. The minimum atomic E-state index is -0.915. The lowest BCUT2D eigenvalue weighted by Crippen LogP contribution is -2.42. The highest BCUT2D eigenvalue weighted by atomic mass is 79.9. The van der Waals surface area contributed by atoms with E-state index in [0.717, 1.165) is 4.47 Å². The Labute approximate surface area is 121 Å². The van der Waals surface area contributed by atoms with Crippen LogP contribution in [0.15, 0.2) is 22.7 Å². The number of aliphatic hydroxyl groups is 1. The van der Waals surface area contributed by atoms with Crippen LogP contribution in [0.5, 0.6) is 0 Å². The lowest BCUT2D eigenvalue weighted by molar-refractivity contribution is 0.0314. The molecule has 0 aliphatic rings. The van der Waals surface area contributed by atoms with Crippen molar-refractivity contribution in [3.8, 4) is 0 Å². The van der Waals surface area contributed by atoms with E-state index in [2.05, 4.69) is 15.9 Å². The molecular formula is C13H17BrClNO2. The number of carbonyl (C=O) groups is 1. The Morgan fingerprint density at radius 3 is 2.50 bits per heavy atom. The van der Waals surface area contributed by atoms with Crippen molar-refractivity contribution in [2.45, 2.75) is 26.4 Å². The number of likely N-dealkylation sites (N-methyl/N-ethyl adjacent to an activating group) is 1. The van der Waals surface area contributed by atoms with Crippen LogP contribution in [0, 0.1) is 0 Å². The van der Waals surface area contributed by atoms with Gasteiger partial charge in [0.05, 0.1) is 5.60 Å². The molecule has 0 aliphatic carbocycles. The Morgan fingerprint density at radius 2 is 2.06 bits per heavy atom. The standard InChI is InChI=1S/C13H17BrClNO2/c1-4-16(8-13(2,3)18)12(17)9-5-10(14)7-11(15)6-9/h5-7,18H,4,8H2,1-3H3. The summed E-state index contributed by atoms with van der Waals surface area (Å²) in [6.07, 6.45) is 0. The fraction of sp³-hybridized carbons (Fsp3) is 0.462. The summed E-state index contributed by atoms with van der Waals surface area (Å²) in [5, 5.41) is 10.3. The first kappa shape index (κ1) is 15.5. The molecule has 1 aromatic rings. The SMILES string of the molecule is CCN(CC(C)(C)O)C(=O)c1cc(Cl)cc(Br)c1. The van der Waals surface area contributed by atoms with E-state index < -0.39 is 5.60 Å². The van der Waals surface area contributed by atoms with Gasteiger partial charge in [0.25, 0.3) is 5.91 Å². The van der Waals surface area contributed by atoms with Gasteiger partial charge in [-0.2, -0.15) is 0 Å². The Hall–Kier alpha value is -0.580.